The van der Waals surface area contributed by atoms with Crippen molar-refractivity contribution in [3.05, 3.63) is 71.3 Å². The van der Waals surface area contributed by atoms with Gasteiger partial charge in [-0.25, -0.2) is 0 Å². The molecule has 0 aliphatic carbocycles. The number of hydrogen-bond donors (Lipinski definition) is 1. The van der Waals surface area contributed by atoms with Crippen LogP contribution in [0.3, 0.4) is 0 Å². The zero-order chi connectivity index (χ0) is 20.5. The number of nitrogens with one attached hydrogen (secondary N) is 1. The zero-order valence-electron chi connectivity index (χ0n) is 16.4. The van der Waals surface area contributed by atoms with Crippen molar-refractivity contribution >= 4 is 29.1 Å². The molecule has 0 spiro atoms. The van der Waals surface area contributed by atoms with Crippen LogP contribution in [0, 0.1) is 6.92 Å². The minimum Gasteiger partial charge on any atom is -0.372 e. The van der Waals surface area contributed by atoms with E-state index in [9.17, 15) is 14.4 Å². The van der Waals surface area contributed by atoms with Crippen LogP contribution in [-0.2, 0) is 0 Å². The number of aryl methyl sites for hydroxylation is 1. The smallest absolute Gasteiger partial charge is 0.261 e. The summed E-state index contributed by atoms with van der Waals surface area (Å²) in [6.45, 7) is 7.82. The van der Waals surface area contributed by atoms with Gasteiger partial charge in [-0.3, -0.25) is 19.3 Å². The van der Waals surface area contributed by atoms with Gasteiger partial charge in [0, 0.05) is 36.6 Å². The molecule has 0 bridgehead atoms. The van der Waals surface area contributed by atoms with E-state index in [2.05, 4.69) is 22.9 Å². The minimum absolute atomic E-state index is 0.149. The summed E-state index contributed by atoms with van der Waals surface area (Å²) in [6.07, 6.45) is 3.92. The van der Waals surface area contributed by atoms with Crippen molar-refractivity contribution in [3.63, 3.8) is 0 Å². The number of fused-ring (bicyclic) bond motifs is 1. The predicted octanol–water partition coefficient (Wildman–Crippen LogP) is 3.63. The first-order valence-corrected chi connectivity index (χ1v) is 9.77. The highest BCUT2D eigenvalue weighted by molar-refractivity contribution is 6.22. The van der Waals surface area contributed by atoms with E-state index in [-0.39, 0.29) is 23.9 Å². The third-order valence-corrected chi connectivity index (χ3v) is 5.47. The first-order chi connectivity index (χ1) is 14.0. The van der Waals surface area contributed by atoms with Gasteiger partial charge in [0.1, 0.15) is 0 Å². The number of imide groups is 1. The Labute approximate surface area is 169 Å². The van der Waals surface area contributed by atoms with E-state index in [0.717, 1.165) is 29.2 Å². The number of carbonyl (C=O) groups is 3. The Morgan fingerprint density at radius 3 is 2.48 bits per heavy atom. The third kappa shape index (κ3) is 3.42. The third-order valence-electron chi connectivity index (χ3n) is 5.47. The summed E-state index contributed by atoms with van der Waals surface area (Å²) in [5, 5.41) is 2.91. The second-order valence-corrected chi connectivity index (χ2v) is 7.42. The molecule has 6 nitrogen and oxygen atoms in total. The molecule has 148 valence electrons. The van der Waals surface area contributed by atoms with Gasteiger partial charge < -0.3 is 10.2 Å². The lowest BCUT2D eigenvalue weighted by Crippen LogP contribution is -2.29. The molecule has 2 aromatic carbocycles. The fraction of sp³-hybridized carbons (Fsp3) is 0.261. The van der Waals surface area contributed by atoms with Crippen molar-refractivity contribution in [2.24, 2.45) is 0 Å². The van der Waals surface area contributed by atoms with E-state index in [1.54, 1.807) is 6.07 Å². The maximum absolute atomic E-state index is 12.8. The molecule has 2 aliphatic rings. The van der Waals surface area contributed by atoms with Gasteiger partial charge in [-0.05, 0) is 61.7 Å². The highest BCUT2D eigenvalue weighted by Gasteiger charge is 2.35. The maximum atomic E-state index is 12.8. The van der Waals surface area contributed by atoms with Gasteiger partial charge in [0.15, 0.2) is 0 Å². The summed E-state index contributed by atoms with van der Waals surface area (Å²) in [5.41, 5.74) is 3.79. The Bertz CT molecular complexity index is 1020. The highest BCUT2D eigenvalue weighted by atomic mass is 16.2. The molecular weight excluding hydrogens is 366 g/mol. The monoisotopic (exact) mass is 389 g/mol. The number of nitrogens with zero attached hydrogens (tertiary/aromatic N) is 2. The van der Waals surface area contributed by atoms with Crippen LogP contribution in [-0.4, -0.2) is 42.3 Å². The molecule has 0 atom stereocenters. The van der Waals surface area contributed by atoms with E-state index < -0.39 is 5.91 Å². The molecular formula is C23H23N3O3. The Balaban J connectivity index is 1.53. The lowest BCUT2D eigenvalue weighted by Gasteiger charge is -2.19. The van der Waals surface area contributed by atoms with Gasteiger partial charge in [0.25, 0.3) is 17.7 Å². The fourth-order valence-corrected chi connectivity index (χ4v) is 3.88. The number of carbonyl (C=O) groups excluding carboxylic acids is 3. The van der Waals surface area contributed by atoms with Crippen LogP contribution in [0.25, 0.3) is 0 Å². The molecule has 29 heavy (non-hydrogen) atoms. The van der Waals surface area contributed by atoms with Gasteiger partial charge in [0.05, 0.1) is 11.1 Å². The van der Waals surface area contributed by atoms with Crippen LogP contribution in [0.15, 0.2) is 49.1 Å². The van der Waals surface area contributed by atoms with Crippen molar-refractivity contribution in [2.75, 3.05) is 29.9 Å². The van der Waals surface area contributed by atoms with Crippen LogP contribution in [0.1, 0.15) is 49.5 Å². The molecule has 2 aromatic rings. The van der Waals surface area contributed by atoms with Crippen molar-refractivity contribution in [1.82, 2.24) is 4.90 Å². The van der Waals surface area contributed by atoms with E-state index in [1.165, 1.54) is 36.7 Å². The maximum Gasteiger partial charge on any atom is 0.261 e. The van der Waals surface area contributed by atoms with Crippen LogP contribution >= 0.6 is 0 Å². The van der Waals surface area contributed by atoms with Crippen LogP contribution < -0.4 is 10.2 Å². The average Bonchev–Trinajstić information content (AvgIpc) is 3.33. The Morgan fingerprint density at radius 1 is 1.07 bits per heavy atom. The topological polar surface area (TPSA) is 69.7 Å². The average molecular weight is 389 g/mol. The summed E-state index contributed by atoms with van der Waals surface area (Å²) in [5.74, 6) is -1.07. The molecule has 6 heteroatoms. The summed E-state index contributed by atoms with van der Waals surface area (Å²) >= 11 is 0. The Hall–Kier alpha value is -3.41. The van der Waals surface area contributed by atoms with E-state index in [1.807, 2.05) is 19.1 Å². The number of hydrogen-bond acceptors (Lipinski definition) is 4. The molecule has 1 N–H and O–H groups in total. The van der Waals surface area contributed by atoms with E-state index in [0.29, 0.717) is 11.1 Å². The first-order valence-electron chi connectivity index (χ1n) is 9.77. The number of rotatable bonds is 5. The summed E-state index contributed by atoms with van der Waals surface area (Å²) < 4.78 is 0. The second-order valence-electron chi connectivity index (χ2n) is 7.42. The van der Waals surface area contributed by atoms with Gasteiger partial charge in [-0.2, -0.15) is 0 Å². The number of amides is 3. The Morgan fingerprint density at radius 2 is 1.79 bits per heavy atom. The standard InChI is InChI=1S/C23H23N3O3/c1-3-10-26-22(28)18-8-6-16(14-19(18)23(26)29)21(27)24-20-9-7-17(13-15(20)2)25-11-4-5-12-25/h3,6-9,13-14H,1,4-5,10-12H2,2H3,(H,24,27). The molecule has 0 saturated carbocycles. The van der Waals surface area contributed by atoms with Crippen molar-refractivity contribution in [2.45, 2.75) is 19.8 Å². The lowest BCUT2D eigenvalue weighted by molar-refractivity contribution is 0.0672. The molecule has 1 saturated heterocycles. The van der Waals surface area contributed by atoms with Crippen LogP contribution in [0.5, 0.6) is 0 Å². The summed E-state index contributed by atoms with van der Waals surface area (Å²) in [4.78, 5) is 41.0. The van der Waals surface area contributed by atoms with Gasteiger partial charge in [-0.1, -0.05) is 6.08 Å². The fourth-order valence-electron chi connectivity index (χ4n) is 3.88. The van der Waals surface area contributed by atoms with Crippen LogP contribution in [0.2, 0.25) is 0 Å². The highest BCUT2D eigenvalue weighted by Crippen LogP contribution is 2.27. The lowest BCUT2D eigenvalue weighted by atomic mass is 10.0. The first kappa shape index (κ1) is 18.9. The molecule has 0 unspecified atom stereocenters. The van der Waals surface area contributed by atoms with Crippen molar-refractivity contribution in [3.8, 4) is 0 Å². The Kier molecular flexibility index (Phi) is 4.92. The van der Waals surface area contributed by atoms with Gasteiger partial charge >= 0.3 is 0 Å². The predicted molar refractivity (Wildman–Crippen MR) is 113 cm³/mol. The zero-order valence-corrected chi connectivity index (χ0v) is 16.4. The molecule has 3 amide bonds. The normalized spacial score (nSPS) is 15.6. The van der Waals surface area contributed by atoms with E-state index >= 15 is 0 Å². The molecule has 0 aromatic heterocycles. The second kappa shape index (κ2) is 7.54. The molecule has 1 fully saturated rings. The number of anilines is 2. The minimum atomic E-state index is -0.398. The quantitative estimate of drug-likeness (QED) is 0.626. The molecule has 2 heterocycles. The molecule has 0 radical (unpaired) electrons. The molecule has 4 rings (SSSR count). The van der Waals surface area contributed by atoms with Crippen molar-refractivity contribution in [1.29, 1.82) is 0 Å². The SMILES string of the molecule is C=CCN1C(=O)c2ccc(C(=O)Nc3ccc(N4CCCC4)cc3C)cc2C1=O. The van der Waals surface area contributed by atoms with Crippen molar-refractivity contribution < 1.29 is 14.4 Å². The largest absolute Gasteiger partial charge is 0.372 e. The summed E-state index contributed by atoms with van der Waals surface area (Å²) in [6, 6.07) is 10.6. The summed E-state index contributed by atoms with van der Waals surface area (Å²) in [7, 11) is 0. The number of benzene rings is 2. The van der Waals surface area contributed by atoms with E-state index in [4.69, 9.17) is 0 Å². The van der Waals surface area contributed by atoms with Gasteiger partial charge in [0.2, 0.25) is 0 Å². The van der Waals surface area contributed by atoms with Gasteiger partial charge in [-0.15, -0.1) is 6.58 Å². The molecule has 2 aliphatic heterocycles. The van der Waals surface area contributed by atoms with Crippen LogP contribution in [0.4, 0.5) is 11.4 Å².